The van der Waals surface area contributed by atoms with E-state index in [4.69, 9.17) is 5.73 Å². The van der Waals surface area contributed by atoms with Crippen LogP contribution in [0.2, 0.25) is 0 Å². The number of aryl methyl sites for hydroxylation is 1. The molecule has 19 heavy (non-hydrogen) atoms. The molecule has 0 bridgehead atoms. The van der Waals surface area contributed by atoms with Gasteiger partial charge in [0.1, 0.15) is 0 Å². The first-order valence-electron chi connectivity index (χ1n) is 6.47. The van der Waals surface area contributed by atoms with Crippen LogP contribution >= 0.6 is 0 Å². The predicted molar refractivity (Wildman–Crippen MR) is 77.0 cm³/mol. The number of carbonyl (C=O) groups excluding carboxylic acids is 1. The monoisotopic (exact) mass is 257 g/mol. The molecule has 2 rings (SSSR count). The second-order valence-corrected chi connectivity index (χ2v) is 4.56. The molecule has 1 amide bonds. The fourth-order valence-corrected chi connectivity index (χ4v) is 1.98. The zero-order chi connectivity index (χ0) is 13.7. The number of anilines is 1. The smallest absolute Gasteiger partial charge is 0.248 e. The van der Waals surface area contributed by atoms with Gasteiger partial charge in [0.15, 0.2) is 0 Å². The minimum Gasteiger partial charge on any atom is -0.381 e. The Labute approximate surface area is 113 Å². The van der Waals surface area contributed by atoms with Crippen molar-refractivity contribution >= 4 is 11.6 Å². The number of hydrogen-bond donors (Lipinski definition) is 2. The van der Waals surface area contributed by atoms with Crippen molar-refractivity contribution in [2.24, 2.45) is 5.73 Å². The van der Waals surface area contributed by atoms with E-state index in [0.717, 1.165) is 25.2 Å². The lowest BCUT2D eigenvalue weighted by Crippen LogP contribution is -2.11. The number of carbonyl (C=O) groups is 1. The van der Waals surface area contributed by atoms with Gasteiger partial charge < -0.3 is 15.6 Å². The molecule has 1 aromatic carbocycles. The Kier molecular flexibility index (Phi) is 4.23. The van der Waals surface area contributed by atoms with Crippen LogP contribution in [0.15, 0.2) is 42.7 Å². The second kappa shape index (κ2) is 6.09. The maximum absolute atomic E-state index is 11.1. The van der Waals surface area contributed by atoms with Crippen LogP contribution in [0.25, 0.3) is 0 Å². The van der Waals surface area contributed by atoms with E-state index in [1.54, 1.807) is 12.1 Å². The number of hydrogen-bond acceptors (Lipinski definition) is 2. The van der Waals surface area contributed by atoms with Gasteiger partial charge in [0.2, 0.25) is 5.91 Å². The van der Waals surface area contributed by atoms with Gasteiger partial charge in [-0.1, -0.05) is 13.0 Å². The lowest BCUT2D eigenvalue weighted by molar-refractivity contribution is 0.100. The van der Waals surface area contributed by atoms with Gasteiger partial charge in [0.05, 0.1) is 0 Å². The quantitative estimate of drug-likeness (QED) is 0.835. The summed E-state index contributed by atoms with van der Waals surface area (Å²) in [5.41, 5.74) is 7.90. The SMILES string of the molecule is CCCn1ccc(CNc2cccc(C(N)=O)c2)c1. The first kappa shape index (κ1) is 13.2. The molecule has 1 aromatic heterocycles. The average molecular weight is 257 g/mol. The van der Waals surface area contributed by atoms with Crippen LogP contribution in [0, 0.1) is 0 Å². The number of nitrogens with one attached hydrogen (secondary N) is 1. The Balaban J connectivity index is 1.97. The minimum atomic E-state index is -0.405. The van der Waals surface area contributed by atoms with E-state index in [1.165, 1.54) is 5.56 Å². The molecule has 1 heterocycles. The molecule has 4 nitrogen and oxygen atoms in total. The summed E-state index contributed by atoms with van der Waals surface area (Å²) in [5.74, 6) is -0.405. The number of rotatable bonds is 6. The highest BCUT2D eigenvalue weighted by Crippen LogP contribution is 2.12. The number of amides is 1. The summed E-state index contributed by atoms with van der Waals surface area (Å²) in [6, 6.07) is 9.33. The second-order valence-electron chi connectivity index (χ2n) is 4.56. The molecule has 100 valence electrons. The highest BCUT2D eigenvalue weighted by atomic mass is 16.1. The molecule has 0 radical (unpaired) electrons. The Morgan fingerprint density at radius 3 is 2.95 bits per heavy atom. The molecule has 0 aliphatic heterocycles. The lowest BCUT2D eigenvalue weighted by Gasteiger charge is -2.06. The average Bonchev–Trinajstić information content (AvgIpc) is 2.85. The Morgan fingerprint density at radius 1 is 1.37 bits per heavy atom. The topological polar surface area (TPSA) is 60.1 Å². The number of primary amides is 1. The molecule has 3 N–H and O–H groups in total. The molecule has 0 aliphatic rings. The molecular formula is C15H19N3O. The molecule has 4 heteroatoms. The van der Waals surface area contributed by atoms with E-state index in [2.05, 4.69) is 35.3 Å². The van der Waals surface area contributed by atoms with Gasteiger partial charge in [0.25, 0.3) is 0 Å². The first-order chi connectivity index (χ1) is 9.19. The Hall–Kier alpha value is -2.23. The van der Waals surface area contributed by atoms with Crippen LogP contribution in [0.5, 0.6) is 0 Å². The first-order valence-corrected chi connectivity index (χ1v) is 6.47. The fourth-order valence-electron chi connectivity index (χ4n) is 1.98. The Bertz CT molecular complexity index is 560. The van der Waals surface area contributed by atoms with Gasteiger partial charge in [-0.25, -0.2) is 0 Å². The minimum absolute atomic E-state index is 0.405. The molecule has 0 unspecified atom stereocenters. The zero-order valence-corrected chi connectivity index (χ0v) is 11.1. The normalized spacial score (nSPS) is 10.4. The highest BCUT2D eigenvalue weighted by Gasteiger charge is 2.01. The third kappa shape index (κ3) is 3.61. The zero-order valence-electron chi connectivity index (χ0n) is 11.1. The van der Waals surface area contributed by atoms with E-state index in [9.17, 15) is 4.79 Å². The van der Waals surface area contributed by atoms with Gasteiger partial charge >= 0.3 is 0 Å². The molecule has 2 aromatic rings. The van der Waals surface area contributed by atoms with Gasteiger partial charge in [-0.2, -0.15) is 0 Å². The third-order valence-electron chi connectivity index (χ3n) is 2.94. The van der Waals surface area contributed by atoms with Crippen LogP contribution in [0.1, 0.15) is 29.3 Å². The summed E-state index contributed by atoms with van der Waals surface area (Å²) >= 11 is 0. The predicted octanol–water partition coefficient (Wildman–Crippen LogP) is 2.61. The van der Waals surface area contributed by atoms with E-state index in [0.29, 0.717) is 5.56 Å². The van der Waals surface area contributed by atoms with Crippen molar-refractivity contribution in [3.63, 3.8) is 0 Å². The summed E-state index contributed by atoms with van der Waals surface area (Å²) in [4.78, 5) is 11.1. The fraction of sp³-hybridized carbons (Fsp3) is 0.267. The van der Waals surface area contributed by atoms with Crippen molar-refractivity contribution in [1.29, 1.82) is 0 Å². The molecule has 0 aliphatic carbocycles. The van der Waals surface area contributed by atoms with Crippen LogP contribution in [-0.4, -0.2) is 10.5 Å². The van der Waals surface area contributed by atoms with Crippen LogP contribution < -0.4 is 11.1 Å². The van der Waals surface area contributed by atoms with Crippen LogP contribution in [0.3, 0.4) is 0 Å². The lowest BCUT2D eigenvalue weighted by atomic mass is 10.2. The van der Waals surface area contributed by atoms with Crippen LogP contribution in [-0.2, 0) is 13.1 Å². The van der Waals surface area contributed by atoms with Crippen molar-refractivity contribution < 1.29 is 4.79 Å². The maximum atomic E-state index is 11.1. The number of nitrogens with two attached hydrogens (primary N) is 1. The molecule has 0 saturated heterocycles. The molecular weight excluding hydrogens is 238 g/mol. The van der Waals surface area contributed by atoms with E-state index in [-0.39, 0.29) is 0 Å². The van der Waals surface area contributed by atoms with Gasteiger partial charge in [-0.3, -0.25) is 4.79 Å². The van der Waals surface area contributed by atoms with E-state index in [1.807, 2.05) is 12.1 Å². The summed E-state index contributed by atoms with van der Waals surface area (Å²) in [7, 11) is 0. The highest BCUT2D eigenvalue weighted by molar-refractivity contribution is 5.93. The van der Waals surface area contributed by atoms with Gasteiger partial charge in [-0.05, 0) is 36.2 Å². The van der Waals surface area contributed by atoms with E-state index < -0.39 is 5.91 Å². The largest absolute Gasteiger partial charge is 0.381 e. The molecule has 0 spiro atoms. The van der Waals surface area contributed by atoms with Crippen LogP contribution in [0.4, 0.5) is 5.69 Å². The molecule has 0 saturated carbocycles. The third-order valence-corrected chi connectivity index (χ3v) is 2.94. The van der Waals surface area contributed by atoms with Crippen molar-refractivity contribution in [2.45, 2.75) is 26.4 Å². The van der Waals surface area contributed by atoms with Crippen molar-refractivity contribution in [1.82, 2.24) is 4.57 Å². The summed E-state index contributed by atoms with van der Waals surface area (Å²) in [6.07, 6.45) is 5.34. The van der Waals surface area contributed by atoms with Crippen molar-refractivity contribution in [3.05, 3.63) is 53.9 Å². The summed E-state index contributed by atoms with van der Waals surface area (Å²) < 4.78 is 2.18. The maximum Gasteiger partial charge on any atom is 0.248 e. The van der Waals surface area contributed by atoms with Gasteiger partial charge in [0, 0.05) is 36.7 Å². The van der Waals surface area contributed by atoms with Crippen molar-refractivity contribution in [2.75, 3.05) is 5.32 Å². The van der Waals surface area contributed by atoms with Crippen molar-refractivity contribution in [3.8, 4) is 0 Å². The summed E-state index contributed by atoms with van der Waals surface area (Å²) in [6.45, 7) is 3.93. The van der Waals surface area contributed by atoms with E-state index >= 15 is 0 Å². The number of aromatic nitrogens is 1. The Morgan fingerprint density at radius 2 is 2.21 bits per heavy atom. The summed E-state index contributed by atoms with van der Waals surface area (Å²) in [5, 5.41) is 3.29. The molecule has 0 atom stereocenters. The standard InChI is InChI=1S/C15H19N3O/c1-2-7-18-8-6-12(11-18)10-17-14-5-3-4-13(9-14)15(16)19/h3-6,8-9,11,17H,2,7,10H2,1H3,(H2,16,19). The number of nitrogens with zero attached hydrogens (tertiary/aromatic N) is 1. The molecule has 0 fully saturated rings. The number of benzene rings is 1. The van der Waals surface area contributed by atoms with Gasteiger partial charge in [-0.15, -0.1) is 0 Å².